The molecule has 6 aromatic heterocycles. The summed E-state index contributed by atoms with van der Waals surface area (Å²) in [6.07, 6.45) is 13.2. The fraction of sp³-hybridized carbons (Fsp3) is 0.522. The molecule has 0 aromatic carbocycles. The first-order valence-corrected chi connectivity index (χ1v) is 27.7. The Bertz CT molecular complexity index is 2610. The van der Waals surface area contributed by atoms with E-state index >= 15 is 0 Å². The molecule has 0 amide bonds. The van der Waals surface area contributed by atoms with Crippen molar-refractivity contribution in [3.63, 3.8) is 0 Å². The third-order valence-corrected chi connectivity index (χ3v) is 16.6. The van der Waals surface area contributed by atoms with Crippen molar-refractivity contribution in [1.82, 2.24) is 39.5 Å². The van der Waals surface area contributed by atoms with Crippen LogP contribution >= 0.6 is 31.9 Å². The number of anilines is 4. The number of H-pyrrole nitrogens is 1. The molecule has 4 aliphatic rings. The Morgan fingerprint density at radius 1 is 0.719 bits per heavy atom. The summed E-state index contributed by atoms with van der Waals surface area (Å²) >= 11 is 6.93. The molecule has 6 aromatic rings. The maximum atomic E-state index is 9.90. The third kappa shape index (κ3) is 9.14. The lowest BCUT2D eigenvalue weighted by atomic mass is 9.75. The largest absolute Gasteiger partial charge is 0.392 e. The Morgan fingerprint density at radius 3 is 1.83 bits per heavy atom. The van der Waals surface area contributed by atoms with E-state index < -0.39 is 8.07 Å². The minimum absolute atomic E-state index is 0.00180. The van der Waals surface area contributed by atoms with Gasteiger partial charge in [-0.05, 0) is 86.8 Å². The van der Waals surface area contributed by atoms with Crippen LogP contribution < -0.4 is 19.6 Å². The summed E-state index contributed by atoms with van der Waals surface area (Å²) in [6.45, 7) is 20.8. The number of nitrogens with zero attached hydrogens (tertiary/aromatic N) is 11. The molecule has 10 rings (SSSR count). The van der Waals surface area contributed by atoms with Crippen molar-refractivity contribution < 1.29 is 14.9 Å². The minimum atomic E-state index is -1.11. The van der Waals surface area contributed by atoms with Gasteiger partial charge in [-0.1, -0.05) is 33.5 Å². The van der Waals surface area contributed by atoms with Crippen LogP contribution in [0.3, 0.4) is 0 Å². The number of aromatic amines is 1. The molecule has 18 heteroatoms. The second-order valence-electron chi connectivity index (χ2n) is 20.0. The standard InChI is InChI=1S/C26H37BrN6O2Si.C20H23BrN6O/c1-26-15-31(7-5-20(26)13-33(16-26)23-19(14-34)11-21(27)12-28-23)24-22-6-8-32(25(22)30-17-29-24)18-35-9-10-36(2,3)4;1-20-10-26(19-16-2-4-22-17(16)24-12-25-19)5-3-14(20)8-27(11-20)18-13(9-28)6-15(21)7-23-18/h6,8,11-12,17,20,34H,5,7,9-10,13-16,18H2,1-4H3;2,4,6-7,12,14,28H,3,5,8-11H2,1H3,(H,22,24,25)/t20-,26+;14-,20+/m11/s1. The molecule has 0 aliphatic carbocycles. The maximum Gasteiger partial charge on any atom is 0.147 e. The van der Waals surface area contributed by atoms with Gasteiger partial charge >= 0.3 is 0 Å². The molecule has 340 valence electrons. The Hall–Kier alpha value is -4.20. The predicted octanol–water partition coefficient (Wildman–Crippen LogP) is 7.71. The van der Waals surface area contributed by atoms with Crippen LogP contribution in [0.2, 0.25) is 25.7 Å². The van der Waals surface area contributed by atoms with Gasteiger partial charge < -0.3 is 44.1 Å². The molecule has 0 radical (unpaired) electrons. The number of aromatic nitrogens is 8. The van der Waals surface area contributed by atoms with Gasteiger partial charge in [0.05, 0.1) is 24.0 Å². The zero-order valence-corrected chi connectivity index (χ0v) is 41.7. The van der Waals surface area contributed by atoms with Gasteiger partial charge in [0.15, 0.2) is 0 Å². The summed E-state index contributed by atoms with van der Waals surface area (Å²) in [5.74, 6) is 5.01. The van der Waals surface area contributed by atoms with E-state index in [1.165, 1.54) is 0 Å². The SMILES string of the molecule is C[C@]12CN(c3ncc(Br)cc3CO)C[C@H]1CCN(c1ncnc3[nH]ccc13)C2.C[C@]12CN(c3ncc(Br)cc3CO)C[C@H]1CCN(c1ncnc3c1ccn3COCC[Si](C)(C)C)C2. The number of hydrogen-bond donors (Lipinski definition) is 3. The average molecular weight is 1020 g/mol. The number of ether oxygens (including phenoxy) is 1. The normalized spacial score (nSPS) is 23.5. The van der Waals surface area contributed by atoms with Crippen molar-refractivity contribution in [2.75, 3.05) is 78.6 Å². The smallest absolute Gasteiger partial charge is 0.147 e. The number of pyridine rings is 2. The summed E-state index contributed by atoms with van der Waals surface area (Å²) in [6, 6.07) is 9.27. The van der Waals surface area contributed by atoms with Crippen LogP contribution in [0.25, 0.3) is 22.1 Å². The quantitative estimate of drug-likeness (QED) is 0.0857. The highest BCUT2D eigenvalue weighted by molar-refractivity contribution is 9.10. The summed E-state index contributed by atoms with van der Waals surface area (Å²) in [7, 11) is -1.11. The summed E-state index contributed by atoms with van der Waals surface area (Å²) < 4.78 is 9.87. The summed E-state index contributed by atoms with van der Waals surface area (Å²) in [5.41, 5.74) is 3.82. The average Bonchev–Trinajstić information content (AvgIpc) is 4.08. The van der Waals surface area contributed by atoms with Crippen molar-refractivity contribution in [3.05, 3.63) is 81.8 Å². The molecule has 4 fully saturated rings. The number of nitrogens with one attached hydrogen (secondary N) is 1. The van der Waals surface area contributed by atoms with E-state index in [2.05, 4.69) is 138 Å². The number of rotatable bonds is 11. The summed E-state index contributed by atoms with van der Waals surface area (Å²) in [4.78, 5) is 40.2. The van der Waals surface area contributed by atoms with Crippen molar-refractivity contribution in [2.45, 2.75) is 72.3 Å². The van der Waals surface area contributed by atoms with Crippen LogP contribution in [0.4, 0.5) is 23.3 Å². The molecular weight excluding hydrogens is 956 g/mol. The number of hydrogen-bond acceptors (Lipinski definition) is 13. The molecule has 4 saturated heterocycles. The van der Waals surface area contributed by atoms with Gasteiger partial charge in [-0.3, -0.25) is 0 Å². The van der Waals surface area contributed by atoms with Gasteiger partial charge in [0.1, 0.15) is 54.0 Å². The third-order valence-electron chi connectivity index (χ3n) is 14.0. The van der Waals surface area contributed by atoms with Gasteiger partial charge in [0.2, 0.25) is 0 Å². The lowest BCUT2D eigenvalue weighted by Gasteiger charge is -2.42. The number of aliphatic hydroxyl groups is 2. The maximum absolute atomic E-state index is 9.90. The second kappa shape index (κ2) is 18.2. The van der Waals surface area contributed by atoms with E-state index in [9.17, 15) is 10.2 Å². The predicted molar refractivity (Wildman–Crippen MR) is 263 cm³/mol. The van der Waals surface area contributed by atoms with Gasteiger partial charge in [-0.2, -0.15) is 0 Å². The molecule has 0 bridgehead atoms. The minimum Gasteiger partial charge on any atom is -0.392 e. The molecule has 0 saturated carbocycles. The zero-order valence-electron chi connectivity index (χ0n) is 37.5. The van der Waals surface area contributed by atoms with E-state index in [1.807, 2.05) is 30.7 Å². The number of aliphatic hydroxyl groups excluding tert-OH is 2. The zero-order chi connectivity index (χ0) is 44.8. The second-order valence-corrected chi connectivity index (χ2v) is 27.4. The van der Waals surface area contributed by atoms with Crippen LogP contribution in [0.5, 0.6) is 0 Å². The highest BCUT2D eigenvalue weighted by Gasteiger charge is 2.49. The first-order chi connectivity index (χ1) is 30.7. The van der Waals surface area contributed by atoms with Crippen LogP contribution in [0, 0.1) is 22.7 Å². The Morgan fingerprint density at radius 2 is 1.27 bits per heavy atom. The van der Waals surface area contributed by atoms with Crippen LogP contribution in [0.1, 0.15) is 37.8 Å². The molecular formula is C46H60Br2N12O3Si. The van der Waals surface area contributed by atoms with Crippen molar-refractivity contribution in [1.29, 1.82) is 0 Å². The molecule has 15 nitrogen and oxygen atoms in total. The Kier molecular flexibility index (Phi) is 12.8. The number of fused-ring (bicyclic) bond motifs is 4. The van der Waals surface area contributed by atoms with Crippen molar-refractivity contribution in [3.8, 4) is 0 Å². The molecule has 64 heavy (non-hydrogen) atoms. The van der Waals surface area contributed by atoms with E-state index in [0.717, 1.165) is 143 Å². The number of piperidine rings is 2. The first-order valence-electron chi connectivity index (χ1n) is 22.4. The highest BCUT2D eigenvalue weighted by Crippen LogP contribution is 2.47. The topological polar surface area (TPSA) is 161 Å². The molecule has 0 unspecified atom stereocenters. The van der Waals surface area contributed by atoms with Gasteiger partial charge in [0, 0.05) is 123 Å². The molecule has 10 heterocycles. The lowest BCUT2D eigenvalue weighted by Crippen LogP contribution is -2.47. The molecule has 4 atom stereocenters. The highest BCUT2D eigenvalue weighted by atomic mass is 79.9. The molecule has 3 N–H and O–H groups in total. The van der Waals surface area contributed by atoms with E-state index in [4.69, 9.17) is 9.72 Å². The van der Waals surface area contributed by atoms with E-state index in [0.29, 0.717) is 18.6 Å². The fourth-order valence-corrected chi connectivity index (χ4v) is 12.1. The van der Waals surface area contributed by atoms with Gasteiger partial charge in [0.25, 0.3) is 0 Å². The number of halogens is 2. The molecule has 4 aliphatic heterocycles. The fourth-order valence-electron chi connectivity index (χ4n) is 10.6. The Labute approximate surface area is 393 Å². The lowest BCUT2D eigenvalue weighted by molar-refractivity contribution is 0.0899. The van der Waals surface area contributed by atoms with Crippen LogP contribution in [-0.2, 0) is 24.7 Å². The first kappa shape index (κ1) is 45.0. The van der Waals surface area contributed by atoms with Crippen LogP contribution in [-0.4, -0.2) is 117 Å². The van der Waals surface area contributed by atoms with Crippen LogP contribution in [0.15, 0.2) is 70.7 Å². The Balaban J connectivity index is 0.000000167. The van der Waals surface area contributed by atoms with Crippen molar-refractivity contribution in [2.24, 2.45) is 22.7 Å². The van der Waals surface area contributed by atoms with Gasteiger partial charge in [-0.25, -0.2) is 29.9 Å². The van der Waals surface area contributed by atoms with Gasteiger partial charge in [-0.15, -0.1) is 0 Å². The van der Waals surface area contributed by atoms with Crippen molar-refractivity contribution >= 4 is 85.3 Å². The summed E-state index contributed by atoms with van der Waals surface area (Å²) in [5, 5.41) is 21.9. The van der Waals surface area contributed by atoms with E-state index in [-0.39, 0.29) is 24.0 Å². The monoisotopic (exact) mass is 1010 g/mol. The van der Waals surface area contributed by atoms with E-state index in [1.54, 1.807) is 12.7 Å². The molecule has 0 spiro atoms.